The molecule has 8 nitrogen and oxygen atoms in total. The lowest BCUT2D eigenvalue weighted by atomic mass is 9.94. The van der Waals surface area contributed by atoms with Crippen LogP contribution in [0.2, 0.25) is 0 Å². The molecule has 1 saturated heterocycles. The van der Waals surface area contributed by atoms with Crippen molar-refractivity contribution in [1.82, 2.24) is 14.5 Å². The van der Waals surface area contributed by atoms with Crippen LogP contribution in [0.25, 0.3) is 0 Å². The van der Waals surface area contributed by atoms with Crippen molar-refractivity contribution in [3.63, 3.8) is 0 Å². The van der Waals surface area contributed by atoms with Crippen molar-refractivity contribution in [1.29, 1.82) is 0 Å². The summed E-state index contributed by atoms with van der Waals surface area (Å²) in [5.74, 6) is -0.234. The van der Waals surface area contributed by atoms with E-state index in [4.69, 9.17) is 4.74 Å². The van der Waals surface area contributed by atoms with Crippen LogP contribution in [0.4, 0.5) is 0 Å². The first kappa shape index (κ1) is 23.7. The Morgan fingerprint density at radius 3 is 2.44 bits per heavy atom. The van der Waals surface area contributed by atoms with Gasteiger partial charge in [0.2, 0.25) is 21.8 Å². The monoisotopic (exact) mass is 459 g/mol. The van der Waals surface area contributed by atoms with Gasteiger partial charge in [-0.15, -0.1) is 0 Å². The predicted octanol–water partition coefficient (Wildman–Crippen LogP) is 1.76. The number of nitrogens with zero attached hydrogens (tertiary/aromatic N) is 2. The Kier molecular flexibility index (Phi) is 7.20. The minimum absolute atomic E-state index is 0.127. The van der Waals surface area contributed by atoms with E-state index in [0.29, 0.717) is 12.4 Å². The molecule has 32 heavy (non-hydrogen) atoms. The molecular weight excluding hydrogens is 430 g/mol. The predicted molar refractivity (Wildman–Crippen MR) is 121 cm³/mol. The van der Waals surface area contributed by atoms with Crippen LogP contribution in [-0.2, 0) is 32.7 Å². The van der Waals surface area contributed by atoms with E-state index in [1.165, 1.54) is 4.90 Å². The van der Waals surface area contributed by atoms with E-state index < -0.39 is 27.4 Å². The first-order valence-corrected chi connectivity index (χ1v) is 12.3. The molecule has 2 aromatic carbocycles. The molecule has 1 unspecified atom stereocenters. The van der Waals surface area contributed by atoms with Gasteiger partial charge in [0.1, 0.15) is 11.3 Å². The maximum absolute atomic E-state index is 13.4. The molecule has 0 bridgehead atoms. The molecule has 1 aliphatic heterocycles. The van der Waals surface area contributed by atoms with E-state index >= 15 is 0 Å². The summed E-state index contributed by atoms with van der Waals surface area (Å²) in [5, 5.41) is 2.87. The molecule has 0 saturated carbocycles. The number of rotatable bonds is 8. The van der Waals surface area contributed by atoms with Crippen LogP contribution in [-0.4, -0.2) is 60.9 Å². The fourth-order valence-corrected chi connectivity index (χ4v) is 4.59. The summed E-state index contributed by atoms with van der Waals surface area (Å²) in [4.78, 5) is 27.9. The maximum atomic E-state index is 13.4. The van der Waals surface area contributed by atoms with Gasteiger partial charge >= 0.3 is 0 Å². The summed E-state index contributed by atoms with van der Waals surface area (Å²) in [6.45, 7) is 3.89. The number of hydrogen-bond donors (Lipinski definition) is 1. The van der Waals surface area contributed by atoms with E-state index in [2.05, 4.69) is 5.32 Å². The van der Waals surface area contributed by atoms with Crippen molar-refractivity contribution in [2.75, 3.05) is 26.0 Å². The first-order chi connectivity index (χ1) is 15.1. The number of hydrogen-bond acceptors (Lipinski definition) is 5. The third-order valence-corrected chi connectivity index (χ3v) is 6.74. The highest BCUT2D eigenvalue weighted by atomic mass is 32.2. The van der Waals surface area contributed by atoms with Crippen molar-refractivity contribution >= 4 is 21.8 Å². The molecule has 1 atom stereocenters. The summed E-state index contributed by atoms with van der Waals surface area (Å²) in [6, 6.07) is 16.7. The summed E-state index contributed by atoms with van der Waals surface area (Å²) in [5.41, 5.74) is 0.254. The number of amides is 2. The number of sulfonamides is 1. The van der Waals surface area contributed by atoms with Gasteiger partial charge in [0.15, 0.2) is 0 Å². The number of ether oxygens (including phenoxy) is 1. The zero-order chi connectivity index (χ0) is 23.4. The lowest BCUT2D eigenvalue weighted by molar-refractivity contribution is -0.153. The van der Waals surface area contributed by atoms with Gasteiger partial charge < -0.3 is 15.0 Å². The molecule has 2 aromatic rings. The fraction of sp³-hybridized carbons (Fsp3) is 0.391. The standard InChI is InChI=1S/C23H29N3O5S/c1-4-31-20-13-9-8-12-19(20)15-26-21(27)16-25(32(3,29)30)17-23(26,2)22(28)24-14-18-10-6-5-7-11-18/h5-13H,4,14-17H2,1-3H3,(H,24,28). The third kappa shape index (κ3) is 5.28. The Morgan fingerprint density at radius 2 is 1.78 bits per heavy atom. The van der Waals surface area contributed by atoms with Crippen LogP contribution >= 0.6 is 0 Å². The molecule has 1 aliphatic rings. The van der Waals surface area contributed by atoms with Crippen molar-refractivity contribution < 1.29 is 22.7 Å². The molecule has 1 heterocycles. The highest BCUT2D eigenvalue weighted by molar-refractivity contribution is 7.88. The summed E-state index contributed by atoms with van der Waals surface area (Å²) < 4.78 is 31.2. The van der Waals surface area contributed by atoms with Crippen LogP contribution in [0.1, 0.15) is 25.0 Å². The number of carbonyl (C=O) groups excluding carboxylic acids is 2. The molecule has 9 heteroatoms. The number of nitrogens with one attached hydrogen (secondary N) is 1. The Labute approximate surface area is 189 Å². The Balaban J connectivity index is 1.92. The molecule has 0 spiro atoms. The van der Waals surface area contributed by atoms with Gasteiger partial charge in [-0.05, 0) is 25.5 Å². The molecule has 2 amide bonds. The topological polar surface area (TPSA) is 96.0 Å². The normalized spacial score (nSPS) is 19.6. The van der Waals surface area contributed by atoms with Crippen molar-refractivity contribution in [2.45, 2.75) is 32.5 Å². The van der Waals surface area contributed by atoms with Gasteiger partial charge in [0, 0.05) is 18.7 Å². The highest BCUT2D eigenvalue weighted by Gasteiger charge is 2.49. The van der Waals surface area contributed by atoms with Crippen LogP contribution < -0.4 is 10.1 Å². The van der Waals surface area contributed by atoms with Gasteiger partial charge in [0.25, 0.3) is 0 Å². The minimum atomic E-state index is -3.66. The van der Waals surface area contributed by atoms with Crippen molar-refractivity contribution in [3.8, 4) is 5.75 Å². The quantitative estimate of drug-likeness (QED) is 0.649. The lowest BCUT2D eigenvalue weighted by Gasteiger charge is -2.46. The van der Waals surface area contributed by atoms with Crippen molar-refractivity contribution in [3.05, 3.63) is 65.7 Å². The summed E-state index contributed by atoms with van der Waals surface area (Å²) in [6.07, 6.45) is 1.04. The zero-order valence-electron chi connectivity index (χ0n) is 18.6. The molecule has 0 aliphatic carbocycles. The number of benzene rings is 2. The van der Waals surface area contributed by atoms with E-state index in [1.54, 1.807) is 6.92 Å². The van der Waals surface area contributed by atoms with E-state index in [1.807, 2.05) is 61.5 Å². The molecule has 1 N–H and O–H groups in total. The van der Waals surface area contributed by atoms with Crippen molar-refractivity contribution in [2.24, 2.45) is 0 Å². The molecular formula is C23H29N3O5S. The Hall–Kier alpha value is -2.91. The van der Waals surface area contributed by atoms with Gasteiger partial charge in [-0.3, -0.25) is 9.59 Å². The third-order valence-electron chi connectivity index (χ3n) is 5.55. The SMILES string of the molecule is CCOc1ccccc1CN1C(=O)CN(S(C)(=O)=O)CC1(C)C(=O)NCc1ccccc1. The van der Waals surface area contributed by atoms with Crippen LogP contribution in [0, 0.1) is 0 Å². The fourth-order valence-electron chi connectivity index (χ4n) is 3.76. The number of carbonyl (C=O) groups is 2. The largest absolute Gasteiger partial charge is 0.494 e. The van der Waals surface area contributed by atoms with E-state index in [9.17, 15) is 18.0 Å². The molecule has 3 rings (SSSR count). The van der Waals surface area contributed by atoms with Gasteiger partial charge in [-0.25, -0.2) is 8.42 Å². The number of para-hydroxylation sites is 1. The molecule has 0 aromatic heterocycles. The highest BCUT2D eigenvalue weighted by Crippen LogP contribution is 2.29. The van der Waals surface area contributed by atoms with Crippen LogP contribution in [0.3, 0.4) is 0 Å². The van der Waals surface area contributed by atoms with Crippen LogP contribution in [0.5, 0.6) is 5.75 Å². The maximum Gasteiger partial charge on any atom is 0.247 e. The van der Waals surface area contributed by atoms with Gasteiger partial charge in [-0.1, -0.05) is 48.5 Å². The summed E-state index contributed by atoms with van der Waals surface area (Å²) in [7, 11) is -3.66. The zero-order valence-corrected chi connectivity index (χ0v) is 19.4. The van der Waals surface area contributed by atoms with Gasteiger partial charge in [-0.2, -0.15) is 4.31 Å². The second-order valence-corrected chi connectivity index (χ2v) is 9.98. The molecule has 172 valence electrons. The average Bonchev–Trinajstić information content (AvgIpc) is 2.75. The molecule has 1 fully saturated rings. The lowest BCUT2D eigenvalue weighted by Crippen LogP contribution is -2.69. The average molecular weight is 460 g/mol. The second kappa shape index (κ2) is 9.70. The Morgan fingerprint density at radius 1 is 1.12 bits per heavy atom. The second-order valence-electron chi connectivity index (χ2n) is 7.99. The smallest absolute Gasteiger partial charge is 0.247 e. The number of piperazine rings is 1. The van der Waals surface area contributed by atoms with E-state index in [-0.39, 0.29) is 26.2 Å². The van der Waals surface area contributed by atoms with Gasteiger partial charge in [0.05, 0.1) is 26.0 Å². The first-order valence-electron chi connectivity index (χ1n) is 10.4. The van der Waals surface area contributed by atoms with E-state index in [0.717, 1.165) is 21.7 Å². The summed E-state index contributed by atoms with van der Waals surface area (Å²) >= 11 is 0. The Bertz CT molecular complexity index is 1070. The van der Waals surface area contributed by atoms with Crippen LogP contribution in [0.15, 0.2) is 54.6 Å². The minimum Gasteiger partial charge on any atom is -0.494 e. The molecule has 0 radical (unpaired) electrons.